The first-order valence-electron chi connectivity index (χ1n) is 9.15. The van der Waals surface area contributed by atoms with Crippen molar-refractivity contribution in [2.24, 2.45) is 23.7 Å². The summed E-state index contributed by atoms with van der Waals surface area (Å²) >= 11 is 0. The normalized spacial score (nSPS) is 32.7. The molecule has 124 valence electrons. The molecule has 4 heteroatoms. The molecule has 0 aromatic rings. The van der Waals surface area contributed by atoms with E-state index in [1.54, 1.807) is 0 Å². The molecular weight excluding hydrogens is 278 g/mol. The fraction of sp³-hybridized carbons (Fsp3) is 0.889. The van der Waals surface area contributed by atoms with Crippen LogP contribution in [-0.2, 0) is 9.59 Å². The monoisotopic (exact) mass is 307 g/mol. The fourth-order valence-corrected chi connectivity index (χ4v) is 4.64. The van der Waals surface area contributed by atoms with Gasteiger partial charge in [0, 0.05) is 25.4 Å². The Hall–Kier alpha value is -1.06. The summed E-state index contributed by atoms with van der Waals surface area (Å²) in [5, 5.41) is 8.82. The highest BCUT2D eigenvalue weighted by molar-refractivity contribution is 5.81. The largest absolute Gasteiger partial charge is 0.481 e. The minimum atomic E-state index is -0.719. The minimum Gasteiger partial charge on any atom is -0.481 e. The van der Waals surface area contributed by atoms with Gasteiger partial charge in [-0.1, -0.05) is 32.1 Å². The third-order valence-electron chi connectivity index (χ3n) is 6.01. The summed E-state index contributed by atoms with van der Waals surface area (Å²) in [6.45, 7) is 1.68. The van der Waals surface area contributed by atoms with Crippen molar-refractivity contribution < 1.29 is 14.7 Å². The van der Waals surface area contributed by atoms with Crippen molar-refractivity contribution in [1.82, 2.24) is 4.90 Å². The summed E-state index contributed by atoms with van der Waals surface area (Å²) in [4.78, 5) is 25.5. The summed E-state index contributed by atoms with van der Waals surface area (Å²) in [5.41, 5.74) is 0. The number of hydrogen-bond donors (Lipinski definition) is 1. The van der Waals surface area contributed by atoms with E-state index < -0.39 is 5.97 Å². The average molecular weight is 307 g/mol. The SMILES string of the molecule is O=C(O)CCC1CCCN(C(=O)C2CC2C2CCCCC2)C1. The van der Waals surface area contributed by atoms with Crippen molar-refractivity contribution in [3.63, 3.8) is 0 Å². The summed E-state index contributed by atoms with van der Waals surface area (Å²) in [6, 6.07) is 0. The number of rotatable bonds is 5. The molecule has 0 spiro atoms. The number of likely N-dealkylation sites (tertiary alicyclic amines) is 1. The van der Waals surface area contributed by atoms with Crippen LogP contribution in [0.4, 0.5) is 0 Å². The number of piperidine rings is 1. The Morgan fingerprint density at radius 3 is 2.55 bits per heavy atom. The van der Waals surface area contributed by atoms with Gasteiger partial charge in [0.25, 0.3) is 0 Å². The standard InChI is InChI=1S/C18H29NO3/c20-17(21)9-8-13-5-4-10-19(12-13)18(22)16-11-15(16)14-6-2-1-3-7-14/h13-16H,1-12H2,(H,20,21). The third kappa shape index (κ3) is 3.82. The van der Waals surface area contributed by atoms with Gasteiger partial charge in [0.15, 0.2) is 0 Å². The Morgan fingerprint density at radius 1 is 1.05 bits per heavy atom. The van der Waals surface area contributed by atoms with Gasteiger partial charge in [-0.3, -0.25) is 9.59 Å². The smallest absolute Gasteiger partial charge is 0.303 e. The maximum atomic E-state index is 12.7. The number of carbonyl (C=O) groups is 2. The van der Waals surface area contributed by atoms with E-state index in [0.717, 1.165) is 44.7 Å². The Kier molecular flexibility index (Phi) is 5.04. The lowest BCUT2D eigenvalue weighted by molar-refractivity contribution is -0.137. The van der Waals surface area contributed by atoms with Crippen LogP contribution in [0.15, 0.2) is 0 Å². The van der Waals surface area contributed by atoms with Gasteiger partial charge in [-0.2, -0.15) is 0 Å². The number of carbonyl (C=O) groups excluding carboxylic acids is 1. The van der Waals surface area contributed by atoms with Crippen molar-refractivity contribution in [2.45, 2.75) is 64.2 Å². The second-order valence-corrected chi connectivity index (χ2v) is 7.63. The maximum absolute atomic E-state index is 12.7. The van der Waals surface area contributed by atoms with E-state index in [9.17, 15) is 9.59 Å². The van der Waals surface area contributed by atoms with Crippen molar-refractivity contribution in [2.75, 3.05) is 13.1 Å². The highest BCUT2D eigenvalue weighted by Gasteiger charge is 2.49. The highest BCUT2D eigenvalue weighted by Crippen LogP contribution is 2.50. The molecule has 3 rings (SSSR count). The lowest BCUT2D eigenvalue weighted by Gasteiger charge is -2.33. The lowest BCUT2D eigenvalue weighted by Crippen LogP contribution is -2.41. The van der Waals surface area contributed by atoms with Gasteiger partial charge in [0.05, 0.1) is 0 Å². The van der Waals surface area contributed by atoms with Crippen molar-refractivity contribution >= 4 is 11.9 Å². The average Bonchev–Trinajstić information content (AvgIpc) is 3.34. The Labute approximate surface area is 133 Å². The van der Waals surface area contributed by atoms with Gasteiger partial charge >= 0.3 is 5.97 Å². The molecule has 0 radical (unpaired) electrons. The van der Waals surface area contributed by atoms with Gasteiger partial charge < -0.3 is 10.0 Å². The molecule has 0 bridgehead atoms. The zero-order valence-electron chi connectivity index (χ0n) is 13.5. The van der Waals surface area contributed by atoms with Gasteiger partial charge in [0.2, 0.25) is 5.91 Å². The Balaban J connectivity index is 1.47. The molecule has 1 saturated heterocycles. The molecule has 3 unspecified atom stereocenters. The highest BCUT2D eigenvalue weighted by atomic mass is 16.4. The van der Waals surface area contributed by atoms with Crippen LogP contribution in [0.1, 0.15) is 64.2 Å². The van der Waals surface area contributed by atoms with E-state index in [0.29, 0.717) is 23.7 Å². The van der Waals surface area contributed by atoms with Crippen molar-refractivity contribution in [3.8, 4) is 0 Å². The molecule has 4 nitrogen and oxygen atoms in total. The second-order valence-electron chi connectivity index (χ2n) is 7.63. The van der Waals surface area contributed by atoms with E-state index in [1.165, 1.54) is 32.1 Å². The summed E-state index contributed by atoms with van der Waals surface area (Å²) in [7, 11) is 0. The first kappa shape index (κ1) is 15.8. The van der Waals surface area contributed by atoms with Crippen LogP contribution in [-0.4, -0.2) is 35.0 Å². The Morgan fingerprint density at radius 2 is 1.82 bits per heavy atom. The molecule has 3 fully saturated rings. The molecule has 1 N–H and O–H groups in total. The number of carboxylic acids is 1. The molecular formula is C18H29NO3. The number of carboxylic acid groups (broad SMARTS) is 1. The van der Waals surface area contributed by atoms with E-state index in [2.05, 4.69) is 0 Å². The van der Waals surface area contributed by atoms with Crippen LogP contribution in [0.25, 0.3) is 0 Å². The van der Waals surface area contributed by atoms with Gasteiger partial charge in [-0.15, -0.1) is 0 Å². The first-order valence-corrected chi connectivity index (χ1v) is 9.15. The van der Waals surface area contributed by atoms with Crippen LogP contribution < -0.4 is 0 Å². The molecule has 0 aromatic carbocycles. The molecule has 2 aliphatic carbocycles. The third-order valence-corrected chi connectivity index (χ3v) is 6.01. The van der Waals surface area contributed by atoms with E-state index in [-0.39, 0.29) is 6.42 Å². The molecule has 0 aromatic heterocycles. The van der Waals surface area contributed by atoms with Gasteiger partial charge in [-0.25, -0.2) is 0 Å². The first-order chi connectivity index (χ1) is 10.6. The second kappa shape index (κ2) is 7.01. The maximum Gasteiger partial charge on any atom is 0.303 e. The van der Waals surface area contributed by atoms with Crippen LogP contribution in [0, 0.1) is 23.7 Å². The number of amides is 1. The topological polar surface area (TPSA) is 57.6 Å². The van der Waals surface area contributed by atoms with E-state index in [1.807, 2.05) is 4.90 Å². The van der Waals surface area contributed by atoms with E-state index >= 15 is 0 Å². The van der Waals surface area contributed by atoms with Crippen LogP contribution in [0.5, 0.6) is 0 Å². The molecule has 1 amide bonds. The summed E-state index contributed by atoms with van der Waals surface area (Å²) in [5.74, 6) is 1.79. The fourth-order valence-electron chi connectivity index (χ4n) is 4.64. The Bertz CT molecular complexity index is 417. The van der Waals surface area contributed by atoms with E-state index in [4.69, 9.17) is 5.11 Å². The lowest BCUT2D eigenvalue weighted by atomic mass is 9.85. The van der Waals surface area contributed by atoms with Crippen LogP contribution >= 0.6 is 0 Å². The molecule has 22 heavy (non-hydrogen) atoms. The zero-order valence-corrected chi connectivity index (χ0v) is 13.5. The van der Waals surface area contributed by atoms with Gasteiger partial charge in [-0.05, 0) is 43.4 Å². The molecule has 1 heterocycles. The van der Waals surface area contributed by atoms with Gasteiger partial charge in [0.1, 0.15) is 0 Å². The quantitative estimate of drug-likeness (QED) is 0.848. The summed E-state index contributed by atoms with van der Waals surface area (Å²) in [6.07, 6.45) is 10.9. The molecule has 3 atom stereocenters. The predicted octanol–water partition coefficient (Wildman–Crippen LogP) is 3.31. The van der Waals surface area contributed by atoms with Crippen molar-refractivity contribution in [1.29, 1.82) is 0 Å². The zero-order chi connectivity index (χ0) is 15.5. The van der Waals surface area contributed by atoms with Crippen molar-refractivity contribution in [3.05, 3.63) is 0 Å². The molecule has 3 aliphatic rings. The van der Waals surface area contributed by atoms with Crippen LogP contribution in [0.2, 0.25) is 0 Å². The number of nitrogens with zero attached hydrogens (tertiary/aromatic N) is 1. The number of aliphatic carboxylic acids is 1. The van der Waals surface area contributed by atoms with Crippen LogP contribution in [0.3, 0.4) is 0 Å². The summed E-state index contributed by atoms with van der Waals surface area (Å²) < 4.78 is 0. The molecule has 1 aliphatic heterocycles. The molecule has 2 saturated carbocycles. The predicted molar refractivity (Wildman–Crippen MR) is 84.3 cm³/mol. The minimum absolute atomic E-state index is 0.237. The number of hydrogen-bond acceptors (Lipinski definition) is 2.